The summed E-state index contributed by atoms with van der Waals surface area (Å²) < 4.78 is 19.9. The lowest BCUT2D eigenvalue weighted by Crippen LogP contribution is -2.55. The van der Waals surface area contributed by atoms with E-state index in [4.69, 9.17) is 4.74 Å². The monoisotopic (exact) mass is 402 g/mol. The average Bonchev–Trinajstić information content (AvgIpc) is 2.73. The number of halogens is 1. The maximum atomic E-state index is 13.0. The van der Waals surface area contributed by atoms with Crippen LogP contribution < -0.4 is 16.2 Å². The Morgan fingerprint density at radius 3 is 2.76 bits per heavy atom. The van der Waals surface area contributed by atoms with Gasteiger partial charge in [0.2, 0.25) is 11.7 Å². The third kappa shape index (κ3) is 3.88. The molecule has 1 amide bonds. The van der Waals surface area contributed by atoms with Gasteiger partial charge in [-0.15, -0.1) is 0 Å². The molecule has 4 rings (SSSR count). The van der Waals surface area contributed by atoms with Crippen LogP contribution in [-0.4, -0.2) is 40.3 Å². The van der Waals surface area contributed by atoms with Gasteiger partial charge in [-0.2, -0.15) is 0 Å². The van der Waals surface area contributed by atoms with E-state index < -0.39 is 16.8 Å². The molecule has 0 atom stereocenters. The molecular formula is C20H23FN4O4. The number of aromatic nitrogens is 2. The number of hydrogen-bond donors (Lipinski definition) is 3. The number of rotatable bonds is 4. The lowest BCUT2D eigenvalue weighted by atomic mass is 9.87. The largest absolute Gasteiger partial charge is 0.502 e. The number of nitrogens with one attached hydrogen (secondary N) is 2. The van der Waals surface area contributed by atoms with E-state index in [9.17, 15) is 19.1 Å². The van der Waals surface area contributed by atoms with Crippen LogP contribution in [0.3, 0.4) is 0 Å². The van der Waals surface area contributed by atoms with Crippen LogP contribution in [-0.2, 0) is 34.6 Å². The number of carbonyl (C=O) groups is 1. The highest BCUT2D eigenvalue weighted by molar-refractivity contribution is 5.78. The van der Waals surface area contributed by atoms with Gasteiger partial charge in [0.1, 0.15) is 11.6 Å². The third-order valence-corrected chi connectivity index (χ3v) is 5.52. The van der Waals surface area contributed by atoms with Crippen molar-refractivity contribution in [3.05, 3.63) is 57.5 Å². The molecule has 29 heavy (non-hydrogen) atoms. The predicted octanol–water partition coefficient (Wildman–Crippen LogP) is 0.556. The zero-order valence-corrected chi connectivity index (χ0v) is 15.9. The molecule has 0 unspecified atom stereocenters. The number of benzene rings is 1. The van der Waals surface area contributed by atoms with Gasteiger partial charge in [0.05, 0.1) is 17.7 Å². The SMILES string of the molecule is O=C(Cc1nc2n(c(=O)c1O)CCNC21CCOCC1)NCc1ccc(F)cc1. The average molecular weight is 402 g/mol. The molecule has 1 aromatic heterocycles. The van der Waals surface area contributed by atoms with E-state index in [1.165, 1.54) is 16.7 Å². The summed E-state index contributed by atoms with van der Waals surface area (Å²) >= 11 is 0. The van der Waals surface area contributed by atoms with E-state index in [1.54, 1.807) is 12.1 Å². The normalized spacial score (nSPS) is 17.7. The standard InChI is InChI=1S/C20H23FN4O4/c21-14-3-1-13(2-4-14)12-22-16(26)11-15-17(27)18(28)25-8-7-23-20(19(25)24-15)5-9-29-10-6-20/h1-4,23,27H,5-12H2,(H,22,26). The first-order chi connectivity index (χ1) is 14.0. The molecule has 1 aromatic carbocycles. The third-order valence-electron chi connectivity index (χ3n) is 5.52. The molecule has 9 heteroatoms. The van der Waals surface area contributed by atoms with Crippen LogP contribution in [0.1, 0.15) is 29.9 Å². The van der Waals surface area contributed by atoms with E-state index in [1.807, 2.05) is 0 Å². The van der Waals surface area contributed by atoms with Crippen LogP contribution in [0.15, 0.2) is 29.1 Å². The van der Waals surface area contributed by atoms with E-state index in [2.05, 4.69) is 15.6 Å². The molecule has 0 aliphatic carbocycles. The molecule has 0 radical (unpaired) electrons. The van der Waals surface area contributed by atoms with E-state index in [0.717, 1.165) is 5.56 Å². The highest BCUT2D eigenvalue weighted by Gasteiger charge is 2.41. The molecule has 1 saturated heterocycles. The van der Waals surface area contributed by atoms with Crippen molar-refractivity contribution in [1.29, 1.82) is 0 Å². The van der Waals surface area contributed by atoms with E-state index in [-0.39, 0.29) is 30.4 Å². The molecule has 0 bridgehead atoms. The summed E-state index contributed by atoms with van der Waals surface area (Å²) in [6.07, 6.45) is 1.11. The van der Waals surface area contributed by atoms with Gasteiger partial charge < -0.3 is 20.5 Å². The second kappa shape index (κ2) is 7.92. The first-order valence-corrected chi connectivity index (χ1v) is 9.66. The Kier molecular flexibility index (Phi) is 5.33. The number of nitrogens with zero attached hydrogens (tertiary/aromatic N) is 2. The molecule has 3 heterocycles. The van der Waals surface area contributed by atoms with Crippen LogP contribution >= 0.6 is 0 Å². The molecular weight excluding hydrogens is 379 g/mol. The molecule has 8 nitrogen and oxygen atoms in total. The van der Waals surface area contributed by atoms with Crippen LogP contribution in [0.4, 0.5) is 4.39 Å². The highest BCUT2D eigenvalue weighted by Crippen LogP contribution is 2.33. The molecule has 2 aromatic rings. The number of amides is 1. The fourth-order valence-corrected chi connectivity index (χ4v) is 3.91. The van der Waals surface area contributed by atoms with Crippen molar-refractivity contribution >= 4 is 5.91 Å². The minimum atomic E-state index is -0.524. The first-order valence-electron chi connectivity index (χ1n) is 9.66. The molecule has 0 saturated carbocycles. The number of fused-ring (bicyclic) bond motifs is 2. The van der Waals surface area contributed by atoms with Crippen LogP contribution in [0.2, 0.25) is 0 Å². The Morgan fingerprint density at radius 1 is 1.31 bits per heavy atom. The summed E-state index contributed by atoms with van der Waals surface area (Å²) in [6.45, 7) is 2.33. The fraction of sp³-hybridized carbons (Fsp3) is 0.450. The number of ether oxygens (including phenoxy) is 1. The van der Waals surface area contributed by atoms with Crippen LogP contribution in [0.5, 0.6) is 5.75 Å². The van der Waals surface area contributed by atoms with Gasteiger partial charge in [-0.1, -0.05) is 12.1 Å². The van der Waals surface area contributed by atoms with Crippen LogP contribution in [0.25, 0.3) is 0 Å². The Balaban J connectivity index is 1.55. The molecule has 154 valence electrons. The Bertz CT molecular complexity index is 968. The quantitative estimate of drug-likeness (QED) is 0.690. The lowest BCUT2D eigenvalue weighted by Gasteiger charge is -2.42. The Labute approximate surface area is 166 Å². The Hall–Kier alpha value is -2.78. The van der Waals surface area contributed by atoms with Crippen molar-refractivity contribution < 1.29 is 19.0 Å². The second-order valence-electron chi connectivity index (χ2n) is 7.39. The summed E-state index contributed by atoms with van der Waals surface area (Å²) in [5.74, 6) is -0.670. The van der Waals surface area contributed by atoms with Crippen molar-refractivity contribution in [3.63, 3.8) is 0 Å². The number of aromatic hydroxyl groups is 1. The van der Waals surface area contributed by atoms with Gasteiger partial charge in [-0.25, -0.2) is 9.37 Å². The lowest BCUT2D eigenvalue weighted by molar-refractivity contribution is -0.120. The Morgan fingerprint density at radius 2 is 2.03 bits per heavy atom. The summed E-state index contributed by atoms with van der Waals surface area (Å²) in [6, 6.07) is 5.80. The summed E-state index contributed by atoms with van der Waals surface area (Å²) in [7, 11) is 0. The summed E-state index contributed by atoms with van der Waals surface area (Å²) in [5.41, 5.74) is -0.202. The van der Waals surface area contributed by atoms with Crippen molar-refractivity contribution in [2.75, 3.05) is 19.8 Å². The zero-order chi connectivity index (χ0) is 20.4. The number of carbonyl (C=O) groups excluding carboxylic acids is 1. The van der Waals surface area contributed by atoms with Gasteiger partial charge in [0, 0.05) is 32.8 Å². The summed E-state index contributed by atoms with van der Waals surface area (Å²) in [4.78, 5) is 29.6. The smallest absolute Gasteiger partial charge is 0.296 e. The second-order valence-corrected chi connectivity index (χ2v) is 7.39. The van der Waals surface area contributed by atoms with Gasteiger partial charge in [0.25, 0.3) is 5.56 Å². The molecule has 1 spiro atoms. The molecule has 2 aliphatic rings. The van der Waals surface area contributed by atoms with E-state index in [0.29, 0.717) is 45.0 Å². The van der Waals surface area contributed by atoms with Crippen molar-refractivity contribution in [1.82, 2.24) is 20.2 Å². The van der Waals surface area contributed by atoms with Crippen molar-refractivity contribution in [3.8, 4) is 5.75 Å². The van der Waals surface area contributed by atoms with Gasteiger partial charge in [-0.05, 0) is 30.5 Å². The summed E-state index contributed by atoms with van der Waals surface area (Å²) in [5, 5.41) is 16.5. The minimum Gasteiger partial charge on any atom is -0.502 e. The topological polar surface area (TPSA) is 105 Å². The number of hydrogen-bond acceptors (Lipinski definition) is 6. The molecule has 2 aliphatic heterocycles. The zero-order valence-electron chi connectivity index (χ0n) is 15.9. The highest BCUT2D eigenvalue weighted by atomic mass is 19.1. The van der Waals surface area contributed by atoms with Gasteiger partial charge >= 0.3 is 0 Å². The maximum Gasteiger partial charge on any atom is 0.296 e. The maximum absolute atomic E-state index is 13.0. The fourth-order valence-electron chi connectivity index (χ4n) is 3.91. The minimum absolute atomic E-state index is 0.0624. The van der Waals surface area contributed by atoms with Gasteiger partial charge in [-0.3, -0.25) is 14.2 Å². The van der Waals surface area contributed by atoms with E-state index >= 15 is 0 Å². The molecule has 1 fully saturated rings. The predicted molar refractivity (Wildman–Crippen MR) is 102 cm³/mol. The van der Waals surface area contributed by atoms with Crippen molar-refractivity contribution in [2.45, 2.75) is 37.9 Å². The van der Waals surface area contributed by atoms with Crippen molar-refractivity contribution in [2.24, 2.45) is 0 Å². The van der Waals surface area contributed by atoms with Crippen LogP contribution in [0, 0.1) is 5.82 Å². The first kappa shape index (κ1) is 19.5. The van der Waals surface area contributed by atoms with Gasteiger partial charge in [0.15, 0.2) is 0 Å². The molecule has 3 N–H and O–H groups in total.